The van der Waals surface area contributed by atoms with Crippen molar-refractivity contribution in [1.29, 1.82) is 0 Å². The molecule has 1 unspecified atom stereocenters. The molecule has 0 spiro atoms. The third-order valence-corrected chi connectivity index (χ3v) is 3.36. The number of aromatic amines is 1. The minimum atomic E-state index is 0.491. The van der Waals surface area contributed by atoms with Gasteiger partial charge in [-0.1, -0.05) is 6.07 Å². The summed E-state index contributed by atoms with van der Waals surface area (Å²) in [4.78, 5) is 8.86. The highest BCUT2D eigenvalue weighted by Crippen LogP contribution is 2.24. The predicted octanol–water partition coefficient (Wildman–Crippen LogP) is 1.72. The summed E-state index contributed by atoms with van der Waals surface area (Å²) in [5.74, 6) is 2.19. The summed E-state index contributed by atoms with van der Waals surface area (Å²) in [6.45, 7) is 2.17. The van der Waals surface area contributed by atoms with Crippen LogP contribution in [0.3, 0.4) is 0 Å². The van der Waals surface area contributed by atoms with Crippen LogP contribution < -0.4 is 5.32 Å². The molecule has 0 aromatic carbocycles. The van der Waals surface area contributed by atoms with Gasteiger partial charge in [0.2, 0.25) is 0 Å². The monoisotopic (exact) mass is 243 g/mol. The van der Waals surface area contributed by atoms with E-state index >= 15 is 0 Å². The molecule has 2 aromatic heterocycles. The molecule has 1 saturated heterocycles. The topological polar surface area (TPSA) is 66.5 Å². The van der Waals surface area contributed by atoms with Gasteiger partial charge >= 0.3 is 0 Å². The van der Waals surface area contributed by atoms with Crippen molar-refractivity contribution in [1.82, 2.24) is 25.5 Å². The maximum absolute atomic E-state index is 4.59. The Morgan fingerprint density at radius 3 is 3.06 bits per heavy atom. The first-order valence-electron chi connectivity index (χ1n) is 6.48. The van der Waals surface area contributed by atoms with Gasteiger partial charge in [-0.25, -0.2) is 4.98 Å². The second-order valence-corrected chi connectivity index (χ2v) is 4.64. The number of hydrogen-bond acceptors (Lipinski definition) is 4. The van der Waals surface area contributed by atoms with E-state index < -0.39 is 0 Å². The van der Waals surface area contributed by atoms with Crippen LogP contribution in [0.15, 0.2) is 24.4 Å². The van der Waals surface area contributed by atoms with E-state index in [1.54, 1.807) is 6.20 Å². The van der Waals surface area contributed by atoms with E-state index in [9.17, 15) is 0 Å². The summed E-state index contributed by atoms with van der Waals surface area (Å²) in [5, 5.41) is 10.8. The lowest BCUT2D eigenvalue weighted by Crippen LogP contribution is -2.14. The Kier molecular flexibility index (Phi) is 3.32. The molecule has 5 heteroatoms. The number of pyridine rings is 1. The first kappa shape index (κ1) is 11.3. The minimum Gasteiger partial charge on any atom is -0.317 e. The molecule has 3 rings (SSSR count). The van der Waals surface area contributed by atoms with Crippen LogP contribution in [0.1, 0.15) is 31.0 Å². The highest BCUT2D eigenvalue weighted by molar-refractivity contribution is 5.47. The van der Waals surface area contributed by atoms with Crippen molar-refractivity contribution < 1.29 is 0 Å². The van der Waals surface area contributed by atoms with Gasteiger partial charge < -0.3 is 5.32 Å². The predicted molar refractivity (Wildman–Crippen MR) is 69.1 cm³/mol. The molecule has 0 amide bonds. The highest BCUT2D eigenvalue weighted by atomic mass is 15.2. The first-order valence-corrected chi connectivity index (χ1v) is 6.48. The van der Waals surface area contributed by atoms with Crippen molar-refractivity contribution >= 4 is 0 Å². The second kappa shape index (κ2) is 5.27. The lowest BCUT2D eigenvalue weighted by molar-refractivity contribution is 0.577. The summed E-state index contributed by atoms with van der Waals surface area (Å²) >= 11 is 0. The maximum atomic E-state index is 4.59. The Labute approximate surface area is 106 Å². The summed E-state index contributed by atoms with van der Waals surface area (Å²) in [6.07, 6.45) is 5.26. The summed E-state index contributed by atoms with van der Waals surface area (Å²) in [6, 6.07) is 5.78. The molecule has 0 aliphatic carbocycles. The van der Waals surface area contributed by atoms with Gasteiger partial charge in [-0.15, -0.1) is 0 Å². The Morgan fingerprint density at radius 2 is 2.17 bits per heavy atom. The number of nitrogens with zero attached hydrogens (tertiary/aromatic N) is 3. The lowest BCUT2D eigenvalue weighted by Gasteiger charge is -2.08. The molecule has 5 nitrogen and oxygen atoms in total. The molecule has 3 heterocycles. The maximum Gasteiger partial charge on any atom is 0.199 e. The molecular weight excluding hydrogens is 226 g/mol. The fraction of sp³-hybridized carbons (Fsp3) is 0.462. The van der Waals surface area contributed by atoms with E-state index in [1.165, 1.54) is 12.8 Å². The van der Waals surface area contributed by atoms with Crippen LogP contribution in [0.4, 0.5) is 0 Å². The van der Waals surface area contributed by atoms with E-state index in [1.807, 2.05) is 18.2 Å². The molecule has 0 radical (unpaired) electrons. The molecule has 2 N–H and O–H groups in total. The number of H-pyrrole nitrogens is 1. The second-order valence-electron chi connectivity index (χ2n) is 4.64. The van der Waals surface area contributed by atoms with Crippen LogP contribution >= 0.6 is 0 Å². The molecule has 18 heavy (non-hydrogen) atoms. The smallest absolute Gasteiger partial charge is 0.199 e. The van der Waals surface area contributed by atoms with E-state index in [4.69, 9.17) is 0 Å². The number of nitrogens with one attached hydrogen (secondary N) is 2. The van der Waals surface area contributed by atoms with Crippen molar-refractivity contribution in [3.8, 4) is 11.5 Å². The van der Waals surface area contributed by atoms with Crippen molar-refractivity contribution in [2.24, 2.45) is 0 Å². The summed E-state index contributed by atoms with van der Waals surface area (Å²) < 4.78 is 0. The average Bonchev–Trinajstić information content (AvgIpc) is 2.76. The third kappa shape index (κ3) is 2.41. The number of hydrogen-bond donors (Lipinski definition) is 2. The van der Waals surface area contributed by atoms with Crippen molar-refractivity contribution in [3.05, 3.63) is 30.2 Å². The first-order chi connectivity index (χ1) is 8.93. The van der Waals surface area contributed by atoms with Crippen LogP contribution in [0.5, 0.6) is 0 Å². The molecule has 94 valence electrons. The van der Waals surface area contributed by atoms with Gasteiger partial charge in [0.1, 0.15) is 11.5 Å². The number of rotatable bonds is 2. The fourth-order valence-corrected chi connectivity index (χ4v) is 2.36. The van der Waals surface area contributed by atoms with Crippen LogP contribution in [0, 0.1) is 0 Å². The van der Waals surface area contributed by atoms with Crippen molar-refractivity contribution in [2.75, 3.05) is 13.1 Å². The van der Waals surface area contributed by atoms with Gasteiger partial charge in [0.25, 0.3) is 0 Å². The summed E-state index contributed by atoms with van der Waals surface area (Å²) in [5.41, 5.74) is 0.826. The van der Waals surface area contributed by atoms with Crippen LogP contribution in [0.2, 0.25) is 0 Å². The van der Waals surface area contributed by atoms with Gasteiger partial charge in [0, 0.05) is 12.1 Å². The Hall–Kier alpha value is -1.75. The molecule has 1 aliphatic heterocycles. The molecule has 1 aliphatic rings. The van der Waals surface area contributed by atoms with Gasteiger partial charge in [-0.3, -0.25) is 10.1 Å². The normalized spacial score (nSPS) is 20.6. The lowest BCUT2D eigenvalue weighted by atomic mass is 10.0. The average molecular weight is 243 g/mol. The molecule has 1 atom stereocenters. The zero-order valence-electron chi connectivity index (χ0n) is 10.3. The van der Waals surface area contributed by atoms with Crippen LogP contribution in [-0.2, 0) is 0 Å². The SMILES string of the molecule is c1ccc(-c2n[nH]c(C3CCCNCC3)n2)nc1. The van der Waals surface area contributed by atoms with Crippen molar-refractivity contribution in [3.63, 3.8) is 0 Å². The van der Waals surface area contributed by atoms with E-state index in [-0.39, 0.29) is 0 Å². The van der Waals surface area contributed by atoms with Crippen LogP contribution in [-0.4, -0.2) is 33.3 Å². The molecule has 0 bridgehead atoms. The Bertz CT molecular complexity index is 485. The zero-order chi connectivity index (χ0) is 12.2. The standard InChI is InChI=1S/C13H17N5/c1-2-8-15-11(5-1)13-16-12(17-18-13)10-4-3-7-14-9-6-10/h1-2,5,8,10,14H,3-4,6-7,9H2,(H,16,17,18). The van der Waals surface area contributed by atoms with Gasteiger partial charge in [-0.2, -0.15) is 5.10 Å². The Morgan fingerprint density at radius 1 is 1.17 bits per heavy atom. The van der Waals surface area contributed by atoms with E-state index in [0.29, 0.717) is 11.7 Å². The molecule has 2 aromatic rings. The van der Waals surface area contributed by atoms with E-state index in [2.05, 4.69) is 25.5 Å². The van der Waals surface area contributed by atoms with E-state index in [0.717, 1.165) is 31.0 Å². The Balaban J connectivity index is 1.80. The van der Waals surface area contributed by atoms with Gasteiger partial charge in [-0.05, 0) is 44.5 Å². The van der Waals surface area contributed by atoms with Crippen molar-refractivity contribution in [2.45, 2.75) is 25.2 Å². The number of aromatic nitrogens is 4. The van der Waals surface area contributed by atoms with Gasteiger partial charge in [0.05, 0.1) is 0 Å². The molecule has 0 saturated carbocycles. The summed E-state index contributed by atoms with van der Waals surface area (Å²) in [7, 11) is 0. The quantitative estimate of drug-likeness (QED) is 0.843. The molecular formula is C13H17N5. The molecule has 1 fully saturated rings. The van der Waals surface area contributed by atoms with Crippen LogP contribution in [0.25, 0.3) is 11.5 Å². The fourth-order valence-electron chi connectivity index (χ4n) is 2.36. The third-order valence-electron chi connectivity index (χ3n) is 3.36. The van der Waals surface area contributed by atoms with Gasteiger partial charge in [0.15, 0.2) is 5.82 Å². The largest absolute Gasteiger partial charge is 0.317 e. The zero-order valence-corrected chi connectivity index (χ0v) is 10.3. The highest BCUT2D eigenvalue weighted by Gasteiger charge is 2.18. The minimum absolute atomic E-state index is 0.491.